The molecule has 2 aliphatic rings. The Morgan fingerprint density at radius 1 is 1.15 bits per heavy atom. The molecule has 114 valence electrons. The van der Waals surface area contributed by atoms with Crippen molar-refractivity contribution in [3.05, 3.63) is 0 Å². The number of nitrogens with zero attached hydrogens (tertiary/aromatic N) is 1. The third-order valence-electron chi connectivity index (χ3n) is 4.82. The molecule has 0 aromatic rings. The van der Waals surface area contributed by atoms with Crippen LogP contribution >= 0.6 is 0 Å². The van der Waals surface area contributed by atoms with E-state index < -0.39 is 0 Å². The van der Waals surface area contributed by atoms with E-state index in [0.717, 1.165) is 32.4 Å². The van der Waals surface area contributed by atoms with Crippen LogP contribution in [0.1, 0.15) is 45.4 Å². The summed E-state index contributed by atoms with van der Waals surface area (Å²) in [6.45, 7) is 4.26. The van der Waals surface area contributed by atoms with Crippen LogP contribution in [0.4, 0.5) is 0 Å². The van der Waals surface area contributed by atoms with Crippen molar-refractivity contribution in [1.29, 1.82) is 0 Å². The van der Waals surface area contributed by atoms with Gasteiger partial charge in [-0.3, -0.25) is 14.5 Å². The molecule has 0 spiro atoms. The van der Waals surface area contributed by atoms with Crippen LogP contribution in [0.3, 0.4) is 0 Å². The number of rotatable bonds is 4. The molecule has 2 fully saturated rings. The van der Waals surface area contributed by atoms with Crippen molar-refractivity contribution >= 4 is 11.8 Å². The number of amides is 2. The second-order valence-corrected chi connectivity index (χ2v) is 6.39. The molecule has 1 heterocycles. The SMILES string of the molecule is C[C@H]1CCCC[C@@H]1NC(=O)CN1CCC(C(N)=O)CC1. The minimum Gasteiger partial charge on any atom is -0.369 e. The Bertz CT molecular complexity index is 351. The summed E-state index contributed by atoms with van der Waals surface area (Å²) in [5.74, 6) is 0.507. The predicted molar refractivity (Wildman–Crippen MR) is 77.9 cm³/mol. The topological polar surface area (TPSA) is 75.4 Å². The first-order chi connectivity index (χ1) is 9.56. The van der Waals surface area contributed by atoms with Gasteiger partial charge in [0.1, 0.15) is 0 Å². The normalized spacial score (nSPS) is 29.1. The Balaban J connectivity index is 1.71. The van der Waals surface area contributed by atoms with Crippen molar-refractivity contribution in [1.82, 2.24) is 10.2 Å². The zero-order chi connectivity index (χ0) is 14.5. The van der Waals surface area contributed by atoms with Crippen molar-refractivity contribution in [2.24, 2.45) is 17.6 Å². The molecule has 0 aromatic carbocycles. The van der Waals surface area contributed by atoms with Gasteiger partial charge in [-0.1, -0.05) is 19.8 Å². The van der Waals surface area contributed by atoms with Gasteiger partial charge in [-0.15, -0.1) is 0 Å². The van der Waals surface area contributed by atoms with E-state index in [1.54, 1.807) is 0 Å². The lowest BCUT2D eigenvalue weighted by molar-refractivity contribution is -0.125. The van der Waals surface area contributed by atoms with Gasteiger partial charge in [0.25, 0.3) is 0 Å². The quantitative estimate of drug-likeness (QED) is 0.803. The molecule has 5 heteroatoms. The molecule has 2 rings (SSSR count). The second kappa shape index (κ2) is 7.07. The van der Waals surface area contributed by atoms with Gasteiger partial charge >= 0.3 is 0 Å². The zero-order valence-electron chi connectivity index (χ0n) is 12.4. The van der Waals surface area contributed by atoms with E-state index in [1.807, 2.05) is 0 Å². The molecular weight excluding hydrogens is 254 g/mol. The molecule has 1 aliphatic heterocycles. The van der Waals surface area contributed by atoms with Gasteiger partial charge in [0.2, 0.25) is 11.8 Å². The van der Waals surface area contributed by atoms with Gasteiger partial charge in [-0.2, -0.15) is 0 Å². The summed E-state index contributed by atoms with van der Waals surface area (Å²) in [5, 5.41) is 3.18. The van der Waals surface area contributed by atoms with Gasteiger partial charge < -0.3 is 11.1 Å². The minimum absolute atomic E-state index is 0.00678. The molecule has 20 heavy (non-hydrogen) atoms. The van der Waals surface area contributed by atoms with Crippen LogP contribution in [0.2, 0.25) is 0 Å². The molecule has 0 unspecified atom stereocenters. The Hall–Kier alpha value is -1.10. The number of carbonyl (C=O) groups excluding carboxylic acids is 2. The predicted octanol–water partition coefficient (Wildman–Crippen LogP) is 0.879. The third-order valence-corrected chi connectivity index (χ3v) is 4.82. The summed E-state index contributed by atoms with van der Waals surface area (Å²) in [4.78, 5) is 25.3. The fourth-order valence-electron chi connectivity index (χ4n) is 3.36. The van der Waals surface area contributed by atoms with Gasteiger partial charge in [0, 0.05) is 12.0 Å². The smallest absolute Gasteiger partial charge is 0.234 e. The van der Waals surface area contributed by atoms with Crippen molar-refractivity contribution < 1.29 is 9.59 Å². The molecule has 2 atom stereocenters. The Morgan fingerprint density at radius 3 is 2.40 bits per heavy atom. The lowest BCUT2D eigenvalue weighted by Gasteiger charge is -2.32. The highest BCUT2D eigenvalue weighted by Gasteiger charge is 2.26. The molecule has 0 bridgehead atoms. The number of piperidine rings is 1. The van der Waals surface area contributed by atoms with Gasteiger partial charge in [-0.25, -0.2) is 0 Å². The van der Waals surface area contributed by atoms with Crippen molar-refractivity contribution in [3.63, 3.8) is 0 Å². The van der Waals surface area contributed by atoms with Crippen molar-refractivity contribution in [3.8, 4) is 0 Å². The average molecular weight is 281 g/mol. The maximum Gasteiger partial charge on any atom is 0.234 e. The summed E-state index contributed by atoms with van der Waals surface area (Å²) in [6.07, 6.45) is 6.39. The highest BCUT2D eigenvalue weighted by atomic mass is 16.2. The lowest BCUT2D eigenvalue weighted by atomic mass is 9.86. The molecule has 2 amide bonds. The van der Waals surface area contributed by atoms with E-state index in [4.69, 9.17) is 5.73 Å². The van der Waals surface area contributed by atoms with E-state index in [2.05, 4.69) is 17.1 Å². The summed E-state index contributed by atoms with van der Waals surface area (Å²) < 4.78 is 0. The fourth-order valence-corrected chi connectivity index (χ4v) is 3.36. The lowest BCUT2D eigenvalue weighted by Crippen LogP contribution is -2.47. The first-order valence-electron chi connectivity index (χ1n) is 7.87. The summed E-state index contributed by atoms with van der Waals surface area (Å²) in [5.41, 5.74) is 5.32. The summed E-state index contributed by atoms with van der Waals surface area (Å²) in [6, 6.07) is 0.347. The first kappa shape index (κ1) is 15.3. The maximum atomic E-state index is 12.1. The fraction of sp³-hybridized carbons (Fsp3) is 0.867. The van der Waals surface area contributed by atoms with E-state index in [1.165, 1.54) is 19.3 Å². The van der Waals surface area contributed by atoms with Crippen LogP contribution in [0.15, 0.2) is 0 Å². The number of hydrogen-bond acceptors (Lipinski definition) is 3. The van der Waals surface area contributed by atoms with Crippen LogP contribution in [0, 0.1) is 11.8 Å². The summed E-state index contributed by atoms with van der Waals surface area (Å²) >= 11 is 0. The molecule has 1 aliphatic carbocycles. The number of primary amides is 1. The molecule has 3 N–H and O–H groups in total. The zero-order valence-corrected chi connectivity index (χ0v) is 12.4. The highest BCUT2D eigenvalue weighted by molar-refractivity contribution is 5.79. The van der Waals surface area contributed by atoms with Crippen LogP contribution in [-0.4, -0.2) is 42.4 Å². The van der Waals surface area contributed by atoms with E-state index >= 15 is 0 Å². The third kappa shape index (κ3) is 4.20. The van der Waals surface area contributed by atoms with Crippen LogP contribution in [0.5, 0.6) is 0 Å². The summed E-state index contributed by atoms with van der Waals surface area (Å²) in [7, 11) is 0. The number of carbonyl (C=O) groups is 2. The molecular formula is C15H27N3O2. The largest absolute Gasteiger partial charge is 0.369 e. The maximum absolute atomic E-state index is 12.1. The second-order valence-electron chi connectivity index (χ2n) is 6.39. The van der Waals surface area contributed by atoms with Crippen molar-refractivity contribution in [2.75, 3.05) is 19.6 Å². The average Bonchev–Trinajstić information content (AvgIpc) is 2.42. The Labute approximate surface area is 121 Å². The number of hydrogen-bond donors (Lipinski definition) is 2. The Morgan fingerprint density at radius 2 is 1.80 bits per heavy atom. The van der Waals surface area contributed by atoms with Gasteiger partial charge in [-0.05, 0) is 44.7 Å². The van der Waals surface area contributed by atoms with Crippen LogP contribution in [-0.2, 0) is 9.59 Å². The minimum atomic E-state index is -0.204. The van der Waals surface area contributed by atoms with Crippen LogP contribution < -0.4 is 11.1 Å². The number of nitrogens with two attached hydrogens (primary N) is 1. The van der Waals surface area contributed by atoms with Crippen LogP contribution in [0.25, 0.3) is 0 Å². The molecule has 0 radical (unpaired) electrons. The monoisotopic (exact) mass is 281 g/mol. The van der Waals surface area contributed by atoms with Crippen molar-refractivity contribution in [2.45, 2.75) is 51.5 Å². The molecule has 1 saturated carbocycles. The Kier molecular flexibility index (Phi) is 5.40. The highest BCUT2D eigenvalue weighted by Crippen LogP contribution is 2.23. The molecule has 1 saturated heterocycles. The van der Waals surface area contributed by atoms with E-state index in [0.29, 0.717) is 18.5 Å². The first-order valence-corrected chi connectivity index (χ1v) is 7.87. The van der Waals surface area contributed by atoms with Gasteiger partial charge in [0.15, 0.2) is 0 Å². The van der Waals surface area contributed by atoms with Gasteiger partial charge in [0.05, 0.1) is 6.54 Å². The standard InChI is InChI=1S/C15H27N3O2/c1-11-4-2-3-5-13(11)17-14(19)10-18-8-6-12(7-9-18)15(16)20/h11-13H,2-10H2,1H3,(H2,16,20)(H,17,19)/t11-,13-/m0/s1. The molecule has 5 nitrogen and oxygen atoms in total. The van der Waals surface area contributed by atoms with E-state index in [9.17, 15) is 9.59 Å². The van der Waals surface area contributed by atoms with E-state index in [-0.39, 0.29) is 17.7 Å². The molecule has 0 aromatic heterocycles. The number of likely N-dealkylation sites (tertiary alicyclic amines) is 1. The number of nitrogens with one attached hydrogen (secondary N) is 1.